The number of aryl methyl sites for hydroxylation is 1. The third kappa shape index (κ3) is 3.00. The van der Waals surface area contributed by atoms with Gasteiger partial charge in [-0.05, 0) is 36.6 Å². The van der Waals surface area contributed by atoms with Crippen molar-refractivity contribution in [3.05, 3.63) is 65.2 Å². The van der Waals surface area contributed by atoms with Gasteiger partial charge in [-0.3, -0.25) is 0 Å². The van der Waals surface area contributed by atoms with Crippen molar-refractivity contribution >= 4 is 0 Å². The highest BCUT2D eigenvalue weighted by Gasteiger charge is 2.30. The molecule has 2 aromatic rings. The molecule has 1 atom stereocenters. The second kappa shape index (κ2) is 6.07. The zero-order chi connectivity index (χ0) is 14.6. The first-order valence-corrected chi connectivity index (χ1v) is 6.76. The molecule has 0 heterocycles. The molecular weight excluding hydrogens is 250 g/mol. The molecule has 0 aromatic heterocycles. The monoisotopic (exact) mass is 271 g/mol. The number of rotatable bonds is 5. The Bertz CT molecular complexity index is 559. The highest BCUT2D eigenvalue weighted by atomic mass is 16.3. The minimum Gasteiger partial charge on any atom is -0.508 e. The molecule has 2 aromatic carbocycles. The zero-order valence-electron chi connectivity index (χ0n) is 11.7. The van der Waals surface area contributed by atoms with E-state index in [0.717, 1.165) is 11.1 Å². The van der Waals surface area contributed by atoms with E-state index >= 15 is 0 Å². The Morgan fingerprint density at radius 1 is 1.10 bits per heavy atom. The van der Waals surface area contributed by atoms with Crippen LogP contribution in [0.4, 0.5) is 0 Å². The Labute approximate surface area is 119 Å². The van der Waals surface area contributed by atoms with Crippen molar-refractivity contribution in [3.63, 3.8) is 0 Å². The summed E-state index contributed by atoms with van der Waals surface area (Å²) in [7, 11) is 0. The van der Waals surface area contributed by atoms with E-state index in [9.17, 15) is 10.2 Å². The molecule has 0 saturated carbocycles. The molecule has 0 aliphatic carbocycles. The molecule has 1 unspecified atom stereocenters. The molecule has 4 N–H and O–H groups in total. The molecule has 2 rings (SSSR count). The smallest absolute Gasteiger partial charge is 0.115 e. The first-order valence-electron chi connectivity index (χ1n) is 6.76. The van der Waals surface area contributed by atoms with Crippen molar-refractivity contribution in [2.75, 3.05) is 13.2 Å². The van der Waals surface area contributed by atoms with E-state index in [-0.39, 0.29) is 12.4 Å². The minimum atomic E-state index is -0.512. The van der Waals surface area contributed by atoms with Gasteiger partial charge in [-0.1, -0.05) is 42.0 Å². The first kappa shape index (κ1) is 14.6. The Balaban J connectivity index is 2.36. The number of phenolic OH excluding ortho intramolecular Hbond substituents is 1. The maximum atomic E-state index is 9.89. The highest BCUT2D eigenvalue weighted by Crippen LogP contribution is 2.28. The zero-order valence-corrected chi connectivity index (χ0v) is 11.7. The number of aliphatic hydroxyl groups excluding tert-OH is 1. The molecule has 106 valence electrons. The second-order valence-corrected chi connectivity index (χ2v) is 5.36. The number of aromatic hydroxyl groups is 1. The van der Waals surface area contributed by atoms with E-state index < -0.39 is 5.41 Å². The van der Waals surface area contributed by atoms with Crippen LogP contribution >= 0.6 is 0 Å². The molecule has 0 amide bonds. The van der Waals surface area contributed by atoms with Crippen molar-refractivity contribution < 1.29 is 10.2 Å². The average molecular weight is 271 g/mol. The molecule has 3 nitrogen and oxygen atoms in total. The van der Waals surface area contributed by atoms with E-state index in [2.05, 4.69) is 0 Å². The predicted octanol–water partition coefficient (Wildman–Crippen LogP) is 2.13. The Morgan fingerprint density at radius 3 is 2.35 bits per heavy atom. The van der Waals surface area contributed by atoms with Gasteiger partial charge in [0.25, 0.3) is 0 Å². The number of hydrogen-bond acceptors (Lipinski definition) is 3. The Kier molecular flexibility index (Phi) is 4.42. The minimum absolute atomic E-state index is 0.0256. The summed E-state index contributed by atoms with van der Waals surface area (Å²) < 4.78 is 0. The summed E-state index contributed by atoms with van der Waals surface area (Å²) in [4.78, 5) is 0. The van der Waals surface area contributed by atoms with Crippen molar-refractivity contribution in [1.29, 1.82) is 0 Å². The van der Waals surface area contributed by atoms with Gasteiger partial charge >= 0.3 is 0 Å². The quantitative estimate of drug-likeness (QED) is 0.780. The highest BCUT2D eigenvalue weighted by molar-refractivity contribution is 5.34. The maximum absolute atomic E-state index is 9.89. The van der Waals surface area contributed by atoms with Gasteiger partial charge in [-0.2, -0.15) is 0 Å². The van der Waals surface area contributed by atoms with Crippen LogP contribution in [0.2, 0.25) is 0 Å². The van der Waals surface area contributed by atoms with E-state index in [1.807, 2.05) is 37.3 Å². The Hall–Kier alpha value is -1.84. The normalized spacial score (nSPS) is 13.9. The average Bonchev–Trinajstić information content (AvgIpc) is 2.46. The fourth-order valence-electron chi connectivity index (χ4n) is 2.47. The molecule has 0 aliphatic heterocycles. The summed E-state index contributed by atoms with van der Waals surface area (Å²) >= 11 is 0. The van der Waals surface area contributed by atoms with Crippen molar-refractivity contribution in [1.82, 2.24) is 0 Å². The van der Waals surface area contributed by atoms with Gasteiger partial charge in [-0.25, -0.2) is 0 Å². The van der Waals surface area contributed by atoms with Gasteiger partial charge in [0.2, 0.25) is 0 Å². The van der Waals surface area contributed by atoms with Gasteiger partial charge in [0.05, 0.1) is 6.61 Å². The third-order valence-corrected chi connectivity index (χ3v) is 3.81. The van der Waals surface area contributed by atoms with Crippen LogP contribution in [0.3, 0.4) is 0 Å². The van der Waals surface area contributed by atoms with Crippen LogP contribution in [0, 0.1) is 6.92 Å². The molecular formula is C17H21NO2. The Morgan fingerprint density at radius 2 is 1.80 bits per heavy atom. The standard InChI is InChI=1S/C17H21NO2/c1-13-5-7-15(8-6-13)17(11-18,12-19)10-14-3-2-4-16(20)9-14/h2-9,19-20H,10-12,18H2,1H3. The van der Waals surface area contributed by atoms with Crippen LogP contribution in [0.5, 0.6) is 5.75 Å². The third-order valence-electron chi connectivity index (χ3n) is 3.81. The van der Waals surface area contributed by atoms with Crippen LogP contribution in [0.25, 0.3) is 0 Å². The molecule has 0 radical (unpaired) electrons. The lowest BCUT2D eigenvalue weighted by Gasteiger charge is -2.31. The van der Waals surface area contributed by atoms with Gasteiger partial charge in [0, 0.05) is 12.0 Å². The molecule has 0 aliphatic rings. The second-order valence-electron chi connectivity index (χ2n) is 5.36. The number of benzene rings is 2. The molecule has 0 spiro atoms. The van der Waals surface area contributed by atoms with Gasteiger partial charge < -0.3 is 15.9 Å². The summed E-state index contributed by atoms with van der Waals surface area (Å²) in [6, 6.07) is 15.2. The van der Waals surface area contributed by atoms with Gasteiger partial charge in [0.15, 0.2) is 0 Å². The fourth-order valence-corrected chi connectivity index (χ4v) is 2.47. The summed E-state index contributed by atoms with van der Waals surface area (Å²) in [5.41, 5.74) is 8.60. The summed E-state index contributed by atoms with van der Waals surface area (Å²) in [5.74, 6) is 0.232. The van der Waals surface area contributed by atoms with Gasteiger partial charge in [-0.15, -0.1) is 0 Å². The fraction of sp³-hybridized carbons (Fsp3) is 0.294. The van der Waals surface area contributed by atoms with Crippen LogP contribution in [0.1, 0.15) is 16.7 Å². The van der Waals surface area contributed by atoms with E-state index in [1.165, 1.54) is 5.56 Å². The molecule has 0 saturated heterocycles. The van der Waals surface area contributed by atoms with Gasteiger partial charge in [0.1, 0.15) is 5.75 Å². The molecule has 0 bridgehead atoms. The lowest BCUT2D eigenvalue weighted by Crippen LogP contribution is -2.41. The topological polar surface area (TPSA) is 66.5 Å². The van der Waals surface area contributed by atoms with Crippen molar-refractivity contribution in [3.8, 4) is 5.75 Å². The summed E-state index contributed by atoms with van der Waals surface area (Å²) in [6.45, 7) is 2.35. The van der Waals surface area contributed by atoms with Crippen LogP contribution in [0.15, 0.2) is 48.5 Å². The van der Waals surface area contributed by atoms with E-state index in [4.69, 9.17) is 5.73 Å². The van der Waals surface area contributed by atoms with Crippen LogP contribution in [-0.4, -0.2) is 23.4 Å². The van der Waals surface area contributed by atoms with Crippen molar-refractivity contribution in [2.45, 2.75) is 18.8 Å². The number of phenols is 1. The predicted molar refractivity (Wildman–Crippen MR) is 80.8 cm³/mol. The molecule has 3 heteroatoms. The van der Waals surface area contributed by atoms with E-state index in [0.29, 0.717) is 13.0 Å². The summed E-state index contributed by atoms with van der Waals surface area (Å²) in [6.07, 6.45) is 0.595. The van der Waals surface area contributed by atoms with Crippen LogP contribution in [-0.2, 0) is 11.8 Å². The lowest BCUT2D eigenvalue weighted by molar-refractivity contribution is 0.196. The first-order chi connectivity index (χ1) is 9.59. The number of nitrogens with two attached hydrogens (primary N) is 1. The summed E-state index contributed by atoms with van der Waals surface area (Å²) in [5, 5.41) is 19.5. The molecule has 20 heavy (non-hydrogen) atoms. The van der Waals surface area contributed by atoms with E-state index in [1.54, 1.807) is 18.2 Å². The number of aliphatic hydroxyl groups is 1. The number of hydrogen-bond donors (Lipinski definition) is 3. The van der Waals surface area contributed by atoms with Crippen molar-refractivity contribution in [2.24, 2.45) is 5.73 Å². The largest absolute Gasteiger partial charge is 0.508 e. The lowest BCUT2D eigenvalue weighted by atomic mass is 9.76. The maximum Gasteiger partial charge on any atom is 0.115 e. The SMILES string of the molecule is Cc1ccc(C(CN)(CO)Cc2cccc(O)c2)cc1. The van der Waals surface area contributed by atoms with Crippen LogP contribution < -0.4 is 5.73 Å². The molecule has 0 fully saturated rings.